The molecule has 0 aliphatic carbocycles. The van der Waals surface area contributed by atoms with Crippen molar-refractivity contribution in [3.8, 4) is 28.6 Å². The van der Waals surface area contributed by atoms with Crippen molar-refractivity contribution in [2.45, 2.75) is 33.1 Å². The van der Waals surface area contributed by atoms with Gasteiger partial charge in [0.05, 0.1) is 21.3 Å². The van der Waals surface area contributed by atoms with E-state index < -0.39 is 0 Å². The van der Waals surface area contributed by atoms with Gasteiger partial charge in [-0.25, -0.2) is 0 Å². The summed E-state index contributed by atoms with van der Waals surface area (Å²) in [4.78, 5) is 19.3. The second-order valence-corrected chi connectivity index (χ2v) is 8.41. The van der Waals surface area contributed by atoms with Crippen LogP contribution in [0.1, 0.15) is 31.7 Å². The molecule has 0 bridgehead atoms. The summed E-state index contributed by atoms with van der Waals surface area (Å²) in [6.45, 7) is 5.18. The Balaban J connectivity index is 1.65. The van der Waals surface area contributed by atoms with Gasteiger partial charge in [0.15, 0.2) is 11.5 Å². The van der Waals surface area contributed by atoms with Gasteiger partial charge in [-0.1, -0.05) is 25.1 Å². The largest absolute Gasteiger partial charge is 0.497 e. The highest BCUT2D eigenvalue weighted by Gasteiger charge is 2.17. The molecule has 0 spiro atoms. The molecule has 0 radical (unpaired) electrons. The zero-order chi connectivity index (χ0) is 24.5. The molecule has 1 heterocycles. The minimum absolute atomic E-state index is 0.116. The highest BCUT2D eigenvalue weighted by Crippen LogP contribution is 2.28. The Hall–Kier alpha value is -3.55. The van der Waals surface area contributed by atoms with Gasteiger partial charge in [-0.15, -0.1) is 0 Å². The van der Waals surface area contributed by atoms with Crippen LogP contribution < -0.4 is 14.2 Å². The molecular formula is C26H33N3O5. The second-order valence-electron chi connectivity index (χ2n) is 8.41. The summed E-state index contributed by atoms with van der Waals surface area (Å²) in [5.41, 5.74) is 1.91. The number of carbonyl (C=O) groups excluding carboxylic acids is 1. The van der Waals surface area contributed by atoms with E-state index in [0.717, 1.165) is 16.9 Å². The quantitative estimate of drug-likeness (QED) is 0.390. The number of hydrogen-bond donors (Lipinski definition) is 0. The van der Waals surface area contributed by atoms with Crippen molar-refractivity contribution in [1.29, 1.82) is 0 Å². The van der Waals surface area contributed by atoms with Gasteiger partial charge in [0.2, 0.25) is 17.6 Å². The average molecular weight is 468 g/mol. The summed E-state index contributed by atoms with van der Waals surface area (Å²) in [6, 6.07) is 13.3. The molecule has 2 aromatic carbocycles. The Bertz CT molecular complexity index is 1060. The van der Waals surface area contributed by atoms with E-state index in [0.29, 0.717) is 55.6 Å². The number of aromatic nitrogens is 2. The number of rotatable bonds is 12. The van der Waals surface area contributed by atoms with Gasteiger partial charge in [0.25, 0.3) is 0 Å². The predicted molar refractivity (Wildman–Crippen MR) is 129 cm³/mol. The Morgan fingerprint density at radius 2 is 1.65 bits per heavy atom. The molecule has 0 aliphatic heterocycles. The fraction of sp³-hybridized carbons (Fsp3) is 0.423. The first-order valence-electron chi connectivity index (χ1n) is 11.4. The molecule has 0 N–H and O–H groups in total. The van der Waals surface area contributed by atoms with Crippen LogP contribution in [0.25, 0.3) is 11.4 Å². The molecule has 0 saturated heterocycles. The van der Waals surface area contributed by atoms with Crippen molar-refractivity contribution in [3.05, 3.63) is 53.9 Å². The normalized spacial score (nSPS) is 10.9. The number of benzene rings is 2. The summed E-state index contributed by atoms with van der Waals surface area (Å²) in [5, 5.41) is 4.09. The smallest absolute Gasteiger partial charge is 0.228 e. The van der Waals surface area contributed by atoms with Crippen LogP contribution in [0.3, 0.4) is 0 Å². The molecule has 3 aromatic rings. The third-order valence-electron chi connectivity index (χ3n) is 5.47. The van der Waals surface area contributed by atoms with Gasteiger partial charge >= 0.3 is 0 Å². The van der Waals surface area contributed by atoms with Crippen molar-refractivity contribution < 1.29 is 23.5 Å². The van der Waals surface area contributed by atoms with Gasteiger partial charge in [-0.3, -0.25) is 4.79 Å². The summed E-state index contributed by atoms with van der Waals surface area (Å²) < 4.78 is 21.3. The third-order valence-corrected chi connectivity index (χ3v) is 5.47. The second kappa shape index (κ2) is 12.1. The van der Waals surface area contributed by atoms with Crippen LogP contribution in [0.2, 0.25) is 0 Å². The maximum absolute atomic E-state index is 12.9. The number of amides is 1. The lowest BCUT2D eigenvalue weighted by Crippen LogP contribution is -2.35. The Labute approximate surface area is 200 Å². The van der Waals surface area contributed by atoms with Gasteiger partial charge < -0.3 is 23.6 Å². The summed E-state index contributed by atoms with van der Waals surface area (Å²) in [7, 11) is 4.85. The first-order chi connectivity index (χ1) is 16.4. The van der Waals surface area contributed by atoms with Gasteiger partial charge in [0.1, 0.15) is 5.75 Å². The number of carbonyl (C=O) groups is 1. The van der Waals surface area contributed by atoms with E-state index >= 15 is 0 Å². The molecule has 0 atom stereocenters. The van der Waals surface area contributed by atoms with E-state index in [2.05, 4.69) is 10.1 Å². The molecule has 8 heteroatoms. The number of hydrogen-bond acceptors (Lipinski definition) is 7. The van der Waals surface area contributed by atoms with Crippen LogP contribution >= 0.6 is 0 Å². The van der Waals surface area contributed by atoms with Crippen molar-refractivity contribution in [2.24, 2.45) is 5.92 Å². The lowest BCUT2D eigenvalue weighted by molar-refractivity contribution is -0.132. The zero-order valence-electron chi connectivity index (χ0n) is 20.5. The highest BCUT2D eigenvalue weighted by molar-refractivity contribution is 5.76. The topological polar surface area (TPSA) is 86.9 Å². The molecule has 8 nitrogen and oxygen atoms in total. The lowest BCUT2D eigenvalue weighted by Gasteiger charge is -2.23. The monoisotopic (exact) mass is 467 g/mol. The minimum atomic E-state index is 0.116. The van der Waals surface area contributed by atoms with E-state index in [4.69, 9.17) is 18.7 Å². The first-order valence-corrected chi connectivity index (χ1v) is 11.4. The minimum Gasteiger partial charge on any atom is -0.497 e. The SMILES string of the molecule is COc1ccc(-c2noc(CCN(CCc3ccc(OC)c(OC)c3)C(=O)CC(C)C)n2)cc1. The predicted octanol–water partition coefficient (Wildman–Crippen LogP) is 4.42. The van der Waals surface area contributed by atoms with Crippen molar-refractivity contribution in [3.63, 3.8) is 0 Å². The van der Waals surface area contributed by atoms with E-state index in [-0.39, 0.29) is 11.8 Å². The molecule has 0 fully saturated rings. The fourth-order valence-corrected chi connectivity index (χ4v) is 3.58. The zero-order valence-corrected chi connectivity index (χ0v) is 20.5. The lowest BCUT2D eigenvalue weighted by atomic mass is 10.1. The van der Waals surface area contributed by atoms with Crippen LogP contribution in [-0.4, -0.2) is 55.4 Å². The van der Waals surface area contributed by atoms with Crippen molar-refractivity contribution >= 4 is 5.91 Å². The Morgan fingerprint density at radius 1 is 0.941 bits per heavy atom. The summed E-state index contributed by atoms with van der Waals surface area (Å²) >= 11 is 0. The Kier molecular flexibility index (Phi) is 8.90. The van der Waals surface area contributed by atoms with E-state index in [1.54, 1.807) is 21.3 Å². The molecule has 3 rings (SSSR count). The highest BCUT2D eigenvalue weighted by atomic mass is 16.5. The first kappa shape index (κ1) is 25.1. The molecule has 1 aromatic heterocycles. The van der Waals surface area contributed by atoms with E-state index in [1.807, 2.05) is 61.2 Å². The number of ether oxygens (including phenoxy) is 3. The van der Waals surface area contributed by atoms with Crippen LogP contribution in [-0.2, 0) is 17.6 Å². The fourth-order valence-electron chi connectivity index (χ4n) is 3.58. The molecule has 1 amide bonds. The average Bonchev–Trinajstić information content (AvgIpc) is 3.32. The van der Waals surface area contributed by atoms with Gasteiger partial charge in [0, 0.05) is 31.5 Å². The molecule has 34 heavy (non-hydrogen) atoms. The van der Waals surface area contributed by atoms with Crippen molar-refractivity contribution in [2.75, 3.05) is 34.4 Å². The van der Waals surface area contributed by atoms with Crippen LogP contribution in [0, 0.1) is 5.92 Å². The van der Waals surface area contributed by atoms with Crippen LogP contribution in [0.4, 0.5) is 0 Å². The summed E-state index contributed by atoms with van der Waals surface area (Å²) in [6.07, 6.45) is 1.68. The molecule has 0 unspecified atom stereocenters. The van der Waals surface area contributed by atoms with E-state index in [1.165, 1.54) is 0 Å². The summed E-state index contributed by atoms with van der Waals surface area (Å²) in [5.74, 6) is 3.54. The number of nitrogens with zero attached hydrogens (tertiary/aromatic N) is 3. The molecular weight excluding hydrogens is 434 g/mol. The van der Waals surface area contributed by atoms with E-state index in [9.17, 15) is 4.79 Å². The molecule has 182 valence electrons. The van der Waals surface area contributed by atoms with Gasteiger partial charge in [-0.2, -0.15) is 4.98 Å². The maximum atomic E-state index is 12.9. The van der Waals surface area contributed by atoms with Crippen LogP contribution in [0.15, 0.2) is 47.0 Å². The maximum Gasteiger partial charge on any atom is 0.228 e. The third kappa shape index (κ3) is 6.73. The standard InChI is InChI=1S/C26H33N3O5/c1-18(2)16-25(30)29(14-12-19-6-11-22(32-4)23(17-19)33-5)15-13-24-27-26(28-34-24)20-7-9-21(31-3)10-8-20/h6-11,17-18H,12-16H2,1-5H3. The number of methoxy groups -OCH3 is 3. The van der Waals surface area contributed by atoms with Gasteiger partial charge in [-0.05, 0) is 54.3 Å². The molecule has 0 saturated carbocycles. The van der Waals surface area contributed by atoms with Crippen LogP contribution in [0.5, 0.6) is 17.2 Å². The Morgan fingerprint density at radius 3 is 2.29 bits per heavy atom. The van der Waals surface area contributed by atoms with Crippen molar-refractivity contribution in [1.82, 2.24) is 15.0 Å². The molecule has 0 aliphatic rings.